The first-order chi connectivity index (χ1) is 17.0. The second-order valence-electron chi connectivity index (χ2n) is 7.93. The van der Waals surface area contributed by atoms with Crippen molar-refractivity contribution in [1.82, 2.24) is 4.98 Å². The molecule has 1 aliphatic carbocycles. The van der Waals surface area contributed by atoms with E-state index in [0.29, 0.717) is 39.9 Å². The van der Waals surface area contributed by atoms with Gasteiger partial charge in [-0.1, -0.05) is 60.8 Å². The molecule has 0 aliphatic heterocycles. The van der Waals surface area contributed by atoms with Gasteiger partial charge in [0.1, 0.15) is 17.3 Å². The number of thiocarbonyl (C=S) groups is 1. The number of carbonyl (C=O) groups excluding carboxylic acids is 1. The lowest BCUT2D eigenvalue weighted by Gasteiger charge is -2.07. The van der Waals surface area contributed by atoms with Crippen LogP contribution in [-0.4, -0.2) is 20.9 Å². The summed E-state index contributed by atoms with van der Waals surface area (Å²) in [6.07, 6.45) is 6.24. The van der Waals surface area contributed by atoms with E-state index in [1.54, 1.807) is 48.5 Å². The Morgan fingerprint density at radius 1 is 1.03 bits per heavy atom. The van der Waals surface area contributed by atoms with Gasteiger partial charge in [0, 0.05) is 22.4 Å². The summed E-state index contributed by atoms with van der Waals surface area (Å²) >= 11 is 5.34. The molecule has 0 fully saturated rings. The topological polar surface area (TPSA) is 75.4 Å². The molecule has 0 atom stereocenters. The number of phenols is 1. The monoisotopic (exact) mass is 482 g/mol. The number of benzene rings is 3. The van der Waals surface area contributed by atoms with Crippen LogP contribution in [0.25, 0.3) is 28.2 Å². The molecular weight excluding hydrogens is 463 g/mol. The lowest BCUT2D eigenvalue weighted by Crippen LogP contribution is -2.12. The Kier molecular flexibility index (Phi) is 6.08. The normalized spacial score (nSPS) is 12.9. The van der Waals surface area contributed by atoms with Crippen molar-refractivity contribution in [1.29, 1.82) is 0 Å². The van der Waals surface area contributed by atoms with Crippen molar-refractivity contribution in [2.24, 2.45) is 0 Å². The highest BCUT2D eigenvalue weighted by Crippen LogP contribution is 2.37. The zero-order valence-electron chi connectivity index (χ0n) is 18.4. The van der Waals surface area contributed by atoms with Gasteiger partial charge in [0.2, 0.25) is 11.8 Å². The van der Waals surface area contributed by atoms with Gasteiger partial charge >= 0.3 is 0 Å². The van der Waals surface area contributed by atoms with Crippen LogP contribution in [0.4, 0.5) is 10.3 Å². The number of hydrogen-bond donors (Lipinski definition) is 2. The molecular formula is C28H19FN2O3S. The Balaban J connectivity index is 1.54. The SMILES string of the molecule is O=C(Nc1oc(-c2ccc(-c3cccc(F)c3)cc2O)nc1C1=CC(=S)CC=C1)c1ccccc1. The van der Waals surface area contributed by atoms with Crippen molar-refractivity contribution in [3.05, 3.63) is 108 Å². The Hall–Kier alpha value is -4.36. The van der Waals surface area contributed by atoms with Crippen LogP contribution in [0, 0.1) is 5.82 Å². The number of aromatic nitrogens is 1. The van der Waals surface area contributed by atoms with E-state index in [1.165, 1.54) is 18.2 Å². The van der Waals surface area contributed by atoms with Gasteiger partial charge in [-0.05, 0) is 53.6 Å². The van der Waals surface area contributed by atoms with Crippen LogP contribution in [0.3, 0.4) is 0 Å². The fourth-order valence-electron chi connectivity index (χ4n) is 3.77. The van der Waals surface area contributed by atoms with E-state index in [4.69, 9.17) is 16.6 Å². The average Bonchev–Trinajstić information content (AvgIpc) is 3.28. The molecule has 3 aromatic carbocycles. The maximum absolute atomic E-state index is 13.6. The van der Waals surface area contributed by atoms with E-state index in [-0.39, 0.29) is 29.2 Å². The first-order valence-electron chi connectivity index (χ1n) is 10.9. The van der Waals surface area contributed by atoms with Crippen LogP contribution in [0.2, 0.25) is 0 Å². The van der Waals surface area contributed by atoms with Crippen LogP contribution >= 0.6 is 12.2 Å². The molecule has 4 aromatic rings. The number of anilines is 1. The van der Waals surface area contributed by atoms with Gasteiger partial charge in [0.15, 0.2) is 0 Å². The van der Waals surface area contributed by atoms with Crippen molar-refractivity contribution >= 4 is 34.4 Å². The van der Waals surface area contributed by atoms with Crippen molar-refractivity contribution in [3.8, 4) is 28.3 Å². The first kappa shape index (κ1) is 22.4. The van der Waals surface area contributed by atoms with Crippen LogP contribution in [0.1, 0.15) is 22.5 Å². The minimum absolute atomic E-state index is 0.0933. The maximum atomic E-state index is 13.6. The van der Waals surface area contributed by atoms with Gasteiger partial charge in [-0.2, -0.15) is 0 Å². The van der Waals surface area contributed by atoms with Gasteiger partial charge < -0.3 is 9.52 Å². The molecule has 0 saturated heterocycles. The number of nitrogens with one attached hydrogen (secondary N) is 1. The third-order valence-electron chi connectivity index (χ3n) is 5.48. The molecule has 172 valence electrons. The lowest BCUT2D eigenvalue weighted by atomic mass is 10.0. The summed E-state index contributed by atoms with van der Waals surface area (Å²) in [5.74, 6) is -0.554. The van der Waals surface area contributed by atoms with Crippen LogP contribution in [0.15, 0.2) is 95.4 Å². The molecule has 0 spiro atoms. The summed E-state index contributed by atoms with van der Waals surface area (Å²) in [4.78, 5) is 18.1. The zero-order chi connectivity index (χ0) is 24.4. The average molecular weight is 483 g/mol. The van der Waals surface area contributed by atoms with Gasteiger partial charge in [-0.3, -0.25) is 10.1 Å². The van der Waals surface area contributed by atoms with E-state index in [0.717, 1.165) is 4.86 Å². The van der Waals surface area contributed by atoms with E-state index >= 15 is 0 Å². The van der Waals surface area contributed by atoms with E-state index < -0.39 is 0 Å². The first-order valence-corrected chi connectivity index (χ1v) is 11.3. The van der Waals surface area contributed by atoms with Crippen molar-refractivity contribution < 1.29 is 18.7 Å². The molecule has 1 amide bonds. The summed E-state index contributed by atoms with van der Waals surface area (Å²) in [5, 5.41) is 13.5. The van der Waals surface area contributed by atoms with Crippen molar-refractivity contribution in [3.63, 3.8) is 0 Å². The zero-order valence-corrected chi connectivity index (χ0v) is 19.2. The predicted molar refractivity (Wildman–Crippen MR) is 138 cm³/mol. The summed E-state index contributed by atoms with van der Waals surface area (Å²) in [5.41, 5.74) is 3.14. The molecule has 2 N–H and O–H groups in total. The third-order valence-corrected chi connectivity index (χ3v) is 5.77. The fourth-order valence-corrected chi connectivity index (χ4v) is 3.99. The summed E-state index contributed by atoms with van der Waals surface area (Å²) < 4.78 is 19.6. The van der Waals surface area contributed by atoms with Crippen LogP contribution in [0.5, 0.6) is 5.75 Å². The number of rotatable bonds is 5. The van der Waals surface area contributed by atoms with E-state index in [1.807, 2.05) is 24.3 Å². The Labute approximate surface area is 206 Å². The van der Waals surface area contributed by atoms with Gasteiger partial charge in [0.05, 0.1) is 5.56 Å². The number of nitrogens with zero attached hydrogens (tertiary/aromatic N) is 1. The second kappa shape index (κ2) is 9.48. The highest BCUT2D eigenvalue weighted by Gasteiger charge is 2.22. The molecule has 5 nitrogen and oxygen atoms in total. The molecule has 1 heterocycles. The number of phenolic OH excluding ortho intramolecular Hbond substituents is 1. The highest BCUT2D eigenvalue weighted by molar-refractivity contribution is 7.80. The summed E-state index contributed by atoms with van der Waals surface area (Å²) in [6.45, 7) is 0. The Morgan fingerprint density at radius 3 is 2.57 bits per heavy atom. The molecule has 0 saturated carbocycles. The van der Waals surface area contributed by atoms with Crippen molar-refractivity contribution in [2.45, 2.75) is 6.42 Å². The quantitative estimate of drug-likeness (QED) is 0.305. The van der Waals surface area contributed by atoms with E-state index in [2.05, 4.69) is 10.3 Å². The molecule has 0 unspecified atom stereocenters. The van der Waals surface area contributed by atoms with Gasteiger partial charge in [-0.25, -0.2) is 9.37 Å². The number of aromatic hydroxyl groups is 1. The predicted octanol–water partition coefficient (Wildman–Crippen LogP) is 6.82. The molecule has 0 radical (unpaired) electrons. The molecule has 1 aromatic heterocycles. The van der Waals surface area contributed by atoms with Crippen LogP contribution in [-0.2, 0) is 0 Å². The number of allylic oxidation sites excluding steroid dienone is 4. The highest BCUT2D eigenvalue weighted by atomic mass is 32.1. The fraction of sp³-hybridized carbons (Fsp3) is 0.0357. The molecule has 35 heavy (non-hydrogen) atoms. The number of hydrogen-bond acceptors (Lipinski definition) is 5. The Morgan fingerprint density at radius 2 is 1.83 bits per heavy atom. The standard InChI is InChI=1S/C28H19FN2O3S/c29-21-10-4-8-18(14-21)19-12-13-23(24(32)16-19)27-30-25(20-9-5-11-22(35)15-20)28(34-27)31-26(33)17-6-2-1-3-7-17/h1-10,12-16,32H,11H2,(H,31,33). The van der Waals surface area contributed by atoms with E-state index in [9.17, 15) is 14.3 Å². The summed E-state index contributed by atoms with van der Waals surface area (Å²) in [6, 6.07) is 19.8. The lowest BCUT2D eigenvalue weighted by molar-refractivity contribution is 0.102. The number of carbonyl (C=O) groups is 1. The smallest absolute Gasteiger partial charge is 0.258 e. The number of halogens is 1. The minimum atomic E-state index is -0.367. The van der Waals surface area contributed by atoms with Gasteiger partial charge in [-0.15, -0.1) is 0 Å². The molecule has 5 rings (SSSR count). The second-order valence-corrected chi connectivity index (χ2v) is 8.46. The largest absolute Gasteiger partial charge is 0.507 e. The number of oxazole rings is 1. The molecule has 1 aliphatic rings. The maximum Gasteiger partial charge on any atom is 0.258 e. The third kappa shape index (κ3) is 4.81. The Bertz CT molecular complexity index is 1510. The van der Waals surface area contributed by atoms with Crippen LogP contribution < -0.4 is 5.32 Å². The van der Waals surface area contributed by atoms with Gasteiger partial charge in [0.25, 0.3) is 5.91 Å². The number of amides is 1. The summed E-state index contributed by atoms with van der Waals surface area (Å²) in [7, 11) is 0. The molecule has 7 heteroatoms. The minimum Gasteiger partial charge on any atom is -0.507 e. The van der Waals surface area contributed by atoms with Crippen molar-refractivity contribution in [2.75, 3.05) is 5.32 Å². The molecule has 0 bridgehead atoms.